The van der Waals surface area contributed by atoms with E-state index in [1.807, 2.05) is 6.92 Å². The standard InChI is InChI=1S/C29H46O3/c1-17(2)20-8-9-23-26(20,3)13-14-29(6)25-19(11-12-28(23,29)5)18-7-10-24(32)27(4,16-30)21(18)15-22(25)31/h11,17,20,22-25,30-32H,7-10,12-16H2,1-6H3/t20-,22-,23-,24-,25-,26-,27-,28+,29-/m0/s1. The molecule has 0 spiro atoms. The second-order valence-electron chi connectivity index (χ2n) is 13.5. The van der Waals surface area contributed by atoms with Crippen molar-refractivity contribution in [1.82, 2.24) is 0 Å². The number of fused-ring (bicyclic) bond motifs is 6. The zero-order valence-electron chi connectivity index (χ0n) is 21.2. The Bertz CT molecular complexity index is 856. The van der Waals surface area contributed by atoms with E-state index < -0.39 is 17.6 Å². The van der Waals surface area contributed by atoms with Gasteiger partial charge in [-0.15, -0.1) is 0 Å². The van der Waals surface area contributed by atoms with E-state index in [0.717, 1.165) is 36.2 Å². The average molecular weight is 443 g/mol. The van der Waals surface area contributed by atoms with Crippen LogP contribution in [-0.4, -0.2) is 34.1 Å². The third-order valence-corrected chi connectivity index (χ3v) is 12.2. The number of aliphatic hydroxyl groups excluding tert-OH is 3. The lowest BCUT2D eigenvalue weighted by Gasteiger charge is -2.66. The fraction of sp³-hybridized carbons (Fsp3) is 0.862. The summed E-state index contributed by atoms with van der Waals surface area (Å²) in [5.74, 6) is 2.46. The molecular formula is C29H46O3. The van der Waals surface area contributed by atoms with Crippen LogP contribution in [0.2, 0.25) is 0 Å². The van der Waals surface area contributed by atoms with Crippen molar-refractivity contribution in [2.24, 2.45) is 45.3 Å². The summed E-state index contributed by atoms with van der Waals surface area (Å²) in [5.41, 5.74) is 3.97. The van der Waals surface area contributed by atoms with E-state index in [-0.39, 0.29) is 23.4 Å². The van der Waals surface area contributed by atoms with Gasteiger partial charge in [0, 0.05) is 11.3 Å². The highest BCUT2D eigenvalue weighted by Gasteiger charge is 2.67. The number of aliphatic hydroxyl groups is 3. The van der Waals surface area contributed by atoms with E-state index in [1.54, 1.807) is 0 Å². The summed E-state index contributed by atoms with van der Waals surface area (Å²) < 4.78 is 0. The lowest BCUT2D eigenvalue weighted by Crippen LogP contribution is -2.61. The van der Waals surface area contributed by atoms with Gasteiger partial charge in [-0.2, -0.15) is 0 Å². The summed E-state index contributed by atoms with van der Waals surface area (Å²) in [6, 6.07) is 0. The van der Waals surface area contributed by atoms with E-state index in [2.05, 4.69) is 40.7 Å². The largest absolute Gasteiger partial charge is 0.395 e. The summed E-state index contributed by atoms with van der Waals surface area (Å²) >= 11 is 0. The molecule has 0 aromatic rings. The van der Waals surface area contributed by atoms with Crippen molar-refractivity contribution in [2.75, 3.05) is 6.61 Å². The molecule has 5 aliphatic carbocycles. The predicted octanol–water partition coefficient (Wildman–Crippen LogP) is 5.64. The van der Waals surface area contributed by atoms with Crippen LogP contribution < -0.4 is 0 Å². The molecule has 32 heavy (non-hydrogen) atoms. The van der Waals surface area contributed by atoms with Gasteiger partial charge in [0.1, 0.15) is 0 Å². The third kappa shape index (κ3) is 2.65. The highest BCUT2D eigenvalue weighted by atomic mass is 16.3. The van der Waals surface area contributed by atoms with Crippen LogP contribution in [0.4, 0.5) is 0 Å². The Morgan fingerprint density at radius 1 is 1.00 bits per heavy atom. The van der Waals surface area contributed by atoms with Gasteiger partial charge in [-0.3, -0.25) is 0 Å². The number of hydrogen-bond donors (Lipinski definition) is 3. The molecule has 0 amide bonds. The van der Waals surface area contributed by atoms with Gasteiger partial charge in [-0.1, -0.05) is 53.2 Å². The number of hydrogen-bond acceptors (Lipinski definition) is 3. The molecule has 2 saturated carbocycles. The van der Waals surface area contributed by atoms with Crippen LogP contribution in [0.5, 0.6) is 0 Å². The monoisotopic (exact) mass is 442 g/mol. The minimum absolute atomic E-state index is 0.0519. The maximum absolute atomic E-state index is 11.7. The van der Waals surface area contributed by atoms with Gasteiger partial charge in [-0.05, 0) is 96.5 Å². The van der Waals surface area contributed by atoms with Crippen molar-refractivity contribution >= 4 is 0 Å². The Morgan fingerprint density at radius 3 is 2.38 bits per heavy atom. The lowest BCUT2D eigenvalue weighted by molar-refractivity contribution is -0.159. The lowest BCUT2D eigenvalue weighted by atomic mass is 9.38. The SMILES string of the molecule is CC(C)[C@@H]1CC[C@H]2[C@@]1(C)CC[C@@]1(C)[C@H]3C(=CC[C@]21C)C1=C(C[C@@H]3O)[C@](C)(CO)[C@@H](O)CC1. The van der Waals surface area contributed by atoms with E-state index in [1.165, 1.54) is 36.8 Å². The van der Waals surface area contributed by atoms with Crippen LogP contribution in [0.25, 0.3) is 0 Å². The minimum atomic E-state index is -0.622. The highest BCUT2D eigenvalue weighted by Crippen LogP contribution is 2.74. The molecule has 0 aliphatic heterocycles. The molecular weight excluding hydrogens is 396 g/mol. The Kier molecular flexibility index (Phi) is 5.19. The topological polar surface area (TPSA) is 60.7 Å². The van der Waals surface area contributed by atoms with Gasteiger partial charge in [0.05, 0.1) is 18.8 Å². The van der Waals surface area contributed by atoms with E-state index >= 15 is 0 Å². The Labute approximate surface area is 195 Å². The normalized spacial score (nSPS) is 52.8. The third-order valence-electron chi connectivity index (χ3n) is 12.2. The molecule has 5 aliphatic rings. The van der Waals surface area contributed by atoms with Crippen LogP contribution in [-0.2, 0) is 0 Å². The van der Waals surface area contributed by atoms with Gasteiger partial charge in [0.25, 0.3) is 0 Å². The maximum Gasteiger partial charge on any atom is 0.0656 e. The molecule has 5 rings (SSSR count). The molecule has 3 heteroatoms. The van der Waals surface area contributed by atoms with Crippen molar-refractivity contribution in [3.63, 3.8) is 0 Å². The van der Waals surface area contributed by atoms with Gasteiger partial charge >= 0.3 is 0 Å². The minimum Gasteiger partial charge on any atom is -0.395 e. The summed E-state index contributed by atoms with van der Waals surface area (Å²) in [6.45, 7) is 14.4. The van der Waals surface area contributed by atoms with Crippen LogP contribution >= 0.6 is 0 Å². The van der Waals surface area contributed by atoms with E-state index in [4.69, 9.17) is 0 Å². The first-order chi connectivity index (χ1) is 14.9. The Hall–Kier alpha value is -0.640. The molecule has 9 atom stereocenters. The molecule has 0 aromatic carbocycles. The van der Waals surface area contributed by atoms with Crippen molar-refractivity contribution < 1.29 is 15.3 Å². The second kappa shape index (κ2) is 7.18. The zero-order chi connectivity index (χ0) is 23.3. The van der Waals surface area contributed by atoms with Crippen molar-refractivity contribution in [3.8, 4) is 0 Å². The quantitative estimate of drug-likeness (QED) is 0.518. The molecule has 3 nitrogen and oxygen atoms in total. The van der Waals surface area contributed by atoms with Gasteiger partial charge in [-0.25, -0.2) is 0 Å². The summed E-state index contributed by atoms with van der Waals surface area (Å²) in [7, 11) is 0. The van der Waals surface area contributed by atoms with Crippen LogP contribution in [0.15, 0.2) is 22.8 Å². The van der Waals surface area contributed by atoms with Crippen molar-refractivity contribution in [2.45, 2.75) is 105 Å². The summed E-state index contributed by atoms with van der Waals surface area (Å²) in [4.78, 5) is 0. The van der Waals surface area contributed by atoms with E-state index in [9.17, 15) is 15.3 Å². The fourth-order valence-electron chi connectivity index (χ4n) is 10.1. The first-order valence-electron chi connectivity index (χ1n) is 13.3. The van der Waals surface area contributed by atoms with Gasteiger partial charge in [0.15, 0.2) is 0 Å². The molecule has 3 N–H and O–H groups in total. The van der Waals surface area contributed by atoms with Crippen LogP contribution in [0, 0.1) is 45.3 Å². The van der Waals surface area contributed by atoms with Crippen LogP contribution in [0.3, 0.4) is 0 Å². The molecule has 0 radical (unpaired) electrons. The predicted molar refractivity (Wildman–Crippen MR) is 129 cm³/mol. The molecule has 2 fully saturated rings. The van der Waals surface area contributed by atoms with Gasteiger partial charge in [0.2, 0.25) is 0 Å². The summed E-state index contributed by atoms with van der Waals surface area (Å²) in [5, 5.41) is 32.6. The molecule has 0 bridgehead atoms. The number of rotatable bonds is 2. The fourth-order valence-corrected chi connectivity index (χ4v) is 10.1. The number of allylic oxidation sites excluding steroid dienone is 2. The van der Waals surface area contributed by atoms with Crippen LogP contribution in [0.1, 0.15) is 92.9 Å². The van der Waals surface area contributed by atoms with Gasteiger partial charge < -0.3 is 15.3 Å². The zero-order valence-corrected chi connectivity index (χ0v) is 21.2. The Morgan fingerprint density at radius 2 is 1.72 bits per heavy atom. The Balaban J connectivity index is 1.60. The maximum atomic E-state index is 11.7. The van der Waals surface area contributed by atoms with Crippen molar-refractivity contribution in [1.29, 1.82) is 0 Å². The summed E-state index contributed by atoms with van der Waals surface area (Å²) in [6.07, 6.45) is 10.0. The smallest absolute Gasteiger partial charge is 0.0656 e. The molecule has 0 saturated heterocycles. The first-order valence-corrected chi connectivity index (χ1v) is 13.3. The average Bonchev–Trinajstić information content (AvgIpc) is 3.11. The highest BCUT2D eigenvalue weighted by molar-refractivity contribution is 5.49. The second-order valence-corrected chi connectivity index (χ2v) is 13.5. The molecule has 0 heterocycles. The first kappa shape index (κ1) is 23.1. The molecule has 0 unspecified atom stereocenters. The molecule has 0 aromatic heterocycles. The van der Waals surface area contributed by atoms with Crippen molar-refractivity contribution in [3.05, 3.63) is 22.8 Å². The van der Waals surface area contributed by atoms with E-state index in [0.29, 0.717) is 18.3 Å². The molecule has 180 valence electrons.